The van der Waals surface area contributed by atoms with Gasteiger partial charge in [0.1, 0.15) is 0 Å². The lowest BCUT2D eigenvalue weighted by Gasteiger charge is -2.12. The van der Waals surface area contributed by atoms with E-state index in [2.05, 4.69) is 20.8 Å². The van der Waals surface area contributed by atoms with Gasteiger partial charge in [-0.15, -0.1) is 5.10 Å². The lowest BCUT2D eigenvalue weighted by molar-refractivity contribution is 0.0939. The second-order valence-corrected chi connectivity index (χ2v) is 5.40. The molecule has 0 aliphatic heterocycles. The van der Waals surface area contributed by atoms with E-state index in [1.807, 2.05) is 45.9 Å². The molecule has 0 bridgehead atoms. The minimum atomic E-state index is -0.0743. The first-order valence-corrected chi connectivity index (χ1v) is 7.22. The molecule has 1 atom stereocenters. The van der Waals surface area contributed by atoms with E-state index in [0.29, 0.717) is 11.4 Å². The molecule has 0 saturated heterocycles. The maximum Gasteiger partial charge on any atom is 0.251 e. The van der Waals surface area contributed by atoms with E-state index in [1.165, 1.54) is 0 Å². The van der Waals surface area contributed by atoms with Crippen molar-refractivity contribution in [2.24, 2.45) is 0 Å². The Morgan fingerprint density at radius 2 is 2.10 bits per heavy atom. The van der Waals surface area contributed by atoms with Crippen LogP contribution < -0.4 is 5.32 Å². The summed E-state index contributed by atoms with van der Waals surface area (Å²) in [5.41, 5.74) is 1.46. The summed E-state index contributed by atoms with van der Waals surface area (Å²) in [5, 5.41) is 14.7. The number of benzene rings is 1. The predicted molar refractivity (Wildman–Crippen MR) is 80.9 cm³/mol. The first-order valence-electron chi connectivity index (χ1n) is 7.22. The molecule has 0 aliphatic rings. The lowest BCUT2D eigenvalue weighted by atomic mass is 10.1. The van der Waals surface area contributed by atoms with E-state index < -0.39 is 0 Å². The number of tetrazole rings is 1. The van der Waals surface area contributed by atoms with Gasteiger partial charge in [-0.3, -0.25) is 4.79 Å². The first-order chi connectivity index (χ1) is 10.0. The molecule has 0 fully saturated rings. The number of rotatable bonds is 5. The van der Waals surface area contributed by atoms with Crippen LogP contribution >= 0.6 is 0 Å². The highest BCUT2D eigenvalue weighted by Gasteiger charge is 2.14. The fourth-order valence-corrected chi connectivity index (χ4v) is 1.94. The highest BCUT2D eigenvalue weighted by atomic mass is 16.1. The zero-order valence-corrected chi connectivity index (χ0v) is 12.9. The molecule has 0 saturated carbocycles. The molecule has 1 N–H and O–H groups in total. The van der Waals surface area contributed by atoms with Gasteiger partial charge in [-0.2, -0.15) is 0 Å². The summed E-state index contributed by atoms with van der Waals surface area (Å²) in [7, 11) is 0. The molecule has 2 rings (SSSR count). The van der Waals surface area contributed by atoms with Gasteiger partial charge in [-0.1, -0.05) is 19.1 Å². The number of hydrogen-bond donors (Lipinski definition) is 1. The van der Waals surface area contributed by atoms with Gasteiger partial charge in [-0.05, 0) is 49.8 Å². The fraction of sp³-hybridized carbons (Fsp3) is 0.467. The molecule has 2 aromatic rings. The van der Waals surface area contributed by atoms with Crippen molar-refractivity contribution in [3.63, 3.8) is 0 Å². The topological polar surface area (TPSA) is 72.7 Å². The third-order valence-electron chi connectivity index (χ3n) is 3.35. The van der Waals surface area contributed by atoms with Crippen LogP contribution in [-0.4, -0.2) is 32.2 Å². The number of nitrogens with zero attached hydrogens (tertiary/aromatic N) is 4. The Kier molecular flexibility index (Phi) is 4.67. The van der Waals surface area contributed by atoms with Crippen LogP contribution in [0.5, 0.6) is 0 Å². The van der Waals surface area contributed by atoms with Crippen LogP contribution in [0.1, 0.15) is 50.5 Å². The van der Waals surface area contributed by atoms with Crippen molar-refractivity contribution >= 4 is 5.91 Å². The molecule has 112 valence electrons. The highest BCUT2D eigenvalue weighted by molar-refractivity contribution is 5.95. The molecule has 21 heavy (non-hydrogen) atoms. The number of nitrogens with one attached hydrogen (secondary N) is 1. The molecule has 1 aromatic carbocycles. The summed E-state index contributed by atoms with van der Waals surface area (Å²) in [6.45, 7) is 8.05. The zero-order chi connectivity index (χ0) is 15.4. The van der Waals surface area contributed by atoms with E-state index in [9.17, 15) is 4.79 Å². The van der Waals surface area contributed by atoms with Crippen LogP contribution in [0, 0.1) is 0 Å². The van der Waals surface area contributed by atoms with Crippen LogP contribution in [0.4, 0.5) is 0 Å². The van der Waals surface area contributed by atoms with Gasteiger partial charge < -0.3 is 5.32 Å². The van der Waals surface area contributed by atoms with Crippen molar-refractivity contribution in [3.8, 4) is 11.4 Å². The van der Waals surface area contributed by atoms with Crippen LogP contribution in [0.3, 0.4) is 0 Å². The highest BCUT2D eigenvalue weighted by Crippen LogP contribution is 2.20. The van der Waals surface area contributed by atoms with E-state index in [-0.39, 0.29) is 18.0 Å². The third kappa shape index (κ3) is 3.45. The largest absolute Gasteiger partial charge is 0.350 e. The second-order valence-electron chi connectivity index (χ2n) is 5.40. The Balaban J connectivity index is 2.29. The molecule has 6 heteroatoms. The third-order valence-corrected chi connectivity index (χ3v) is 3.35. The second kappa shape index (κ2) is 6.47. The summed E-state index contributed by atoms with van der Waals surface area (Å²) in [6, 6.07) is 7.69. The van der Waals surface area contributed by atoms with Crippen molar-refractivity contribution in [3.05, 3.63) is 29.8 Å². The van der Waals surface area contributed by atoms with Gasteiger partial charge in [0.2, 0.25) is 0 Å². The van der Waals surface area contributed by atoms with Crippen LogP contribution in [0.15, 0.2) is 24.3 Å². The normalized spacial score (nSPS) is 12.4. The molecule has 1 aromatic heterocycles. The van der Waals surface area contributed by atoms with E-state index in [0.717, 1.165) is 12.0 Å². The fourth-order valence-electron chi connectivity index (χ4n) is 1.94. The molecule has 1 amide bonds. The summed E-state index contributed by atoms with van der Waals surface area (Å²) in [5.74, 6) is 0.595. The standard InChI is InChI=1S/C15H21N5O/c1-5-11(4)16-15(21)13-8-6-7-12(9-13)14-17-18-19-20(14)10(2)3/h6-11H,5H2,1-4H3,(H,16,21). The SMILES string of the molecule is CCC(C)NC(=O)c1cccc(-c2nnnn2C(C)C)c1. The van der Waals surface area contributed by atoms with Crippen molar-refractivity contribution in [2.75, 3.05) is 0 Å². The number of aromatic nitrogens is 4. The van der Waals surface area contributed by atoms with E-state index >= 15 is 0 Å². The van der Waals surface area contributed by atoms with Crippen LogP contribution in [-0.2, 0) is 0 Å². The van der Waals surface area contributed by atoms with Crippen LogP contribution in [0.2, 0.25) is 0 Å². The number of amides is 1. The smallest absolute Gasteiger partial charge is 0.251 e. The van der Waals surface area contributed by atoms with E-state index in [1.54, 1.807) is 10.7 Å². The molecule has 0 aliphatic carbocycles. The van der Waals surface area contributed by atoms with E-state index in [4.69, 9.17) is 0 Å². The van der Waals surface area contributed by atoms with Crippen molar-refractivity contribution in [1.82, 2.24) is 25.5 Å². The average molecular weight is 287 g/mol. The lowest BCUT2D eigenvalue weighted by Crippen LogP contribution is -2.31. The molecule has 6 nitrogen and oxygen atoms in total. The molecule has 1 heterocycles. The molecular formula is C15H21N5O. The predicted octanol–water partition coefficient (Wildman–Crippen LogP) is 2.45. The Bertz CT molecular complexity index is 620. The van der Waals surface area contributed by atoms with Crippen molar-refractivity contribution < 1.29 is 4.79 Å². The van der Waals surface area contributed by atoms with Gasteiger partial charge in [0.15, 0.2) is 5.82 Å². The maximum atomic E-state index is 12.2. The Hall–Kier alpha value is -2.24. The van der Waals surface area contributed by atoms with Gasteiger partial charge >= 0.3 is 0 Å². The van der Waals surface area contributed by atoms with Gasteiger partial charge in [0.05, 0.1) is 6.04 Å². The average Bonchev–Trinajstić information content (AvgIpc) is 2.97. The van der Waals surface area contributed by atoms with Crippen molar-refractivity contribution in [1.29, 1.82) is 0 Å². The summed E-state index contributed by atoms with van der Waals surface area (Å²) >= 11 is 0. The van der Waals surface area contributed by atoms with Crippen molar-refractivity contribution in [2.45, 2.75) is 46.2 Å². The number of hydrogen-bond acceptors (Lipinski definition) is 4. The quantitative estimate of drug-likeness (QED) is 0.916. The van der Waals surface area contributed by atoms with Gasteiger partial charge in [-0.25, -0.2) is 4.68 Å². The zero-order valence-electron chi connectivity index (χ0n) is 12.9. The minimum absolute atomic E-state index is 0.0743. The Morgan fingerprint density at radius 3 is 2.76 bits per heavy atom. The maximum absolute atomic E-state index is 12.2. The molecule has 0 spiro atoms. The monoisotopic (exact) mass is 287 g/mol. The minimum Gasteiger partial charge on any atom is -0.350 e. The van der Waals surface area contributed by atoms with Gasteiger partial charge in [0, 0.05) is 17.2 Å². The van der Waals surface area contributed by atoms with Crippen LogP contribution in [0.25, 0.3) is 11.4 Å². The first kappa shape index (κ1) is 15.2. The Labute approximate surface area is 124 Å². The Morgan fingerprint density at radius 1 is 1.33 bits per heavy atom. The van der Waals surface area contributed by atoms with Gasteiger partial charge in [0.25, 0.3) is 5.91 Å². The molecular weight excluding hydrogens is 266 g/mol. The molecule has 1 unspecified atom stereocenters. The molecule has 0 radical (unpaired) electrons. The summed E-state index contributed by atoms with van der Waals surface area (Å²) < 4.78 is 1.74. The number of carbonyl (C=O) groups is 1. The summed E-state index contributed by atoms with van der Waals surface area (Å²) in [6.07, 6.45) is 0.900. The number of carbonyl (C=O) groups excluding carboxylic acids is 1. The summed E-state index contributed by atoms with van der Waals surface area (Å²) in [4.78, 5) is 12.2.